The maximum atomic E-state index is 13.0. The van der Waals surface area contributed by atoms with Gasteiger partial charge in [0, 0.05) is 32.0 Å². The van der Waals surface area contributed by atoms with Gasteiger partial charge in [0.2, 0.25) is 11.8 Å². The number of benzene rings is 1. The highest BCUT2D eigenvalue weighted by atomic mass is 16.2. The van der Waals surface area contributed by atoms with Gasteiger partial charge in [-0.15, -0.1) is 0 Å². The summed E-state index contributed by atoms with van der Waals surface area (Å²) in [6.07, 6.45) is 7.57. The Morgan fingerprint density at radius 2 is 1.85 bits per heavy atom. The molecule has 1 N–H and O–H groups in total. The van der Waals surface area contributed by atoms with E-state index in [2.05, 4.69) is 10.4 Å². The molecule has 4 rings (SSSR count). The average molecular weight is 366 g/mol. The average Bonchev–Trinajstić information content (AvgIpc) is 3.37. The molecule has 2 amide bonds. The van der Waals surface area contributed by atoms with Crippen molar-refractivity contribution in [3.8, 4) is 0 Å². The number of carbonyl (C=O) groups excluding carboxylic acids is 2. The molecule has 1 aromatic carbocycles. The Hall–Kier alpha value is -2.63. The monoisotopic (exact) mass is 366 g/mol. The number of piperidine rings is 1. The van der Waals surface area contributed by atoms with Crippen molar-refractivity contribution in [2.75, 3.05) is 19.6 Å². The fourth-order valence-electron chi connectivity index (χ4n) is 3.81. The molecule has 2 heterocycles. The van der Waals surface area contributed by atoms with Gasteiger partial charge in [0.05, 0.1) is 6.42 Å². The van der Waals surface area contributed by atoms with Crippen molar-refractivity contribution in [1.82, 2.24) is 20.0 Å². The molecule has 2 fully saturated rings. The van der Waals surface area contributed by atoms with E-state index in [1.54, 1.807) is 10.9 Å². The zero-order valence-electron chi connectivity index (χ0n) is 15.5. The van der Waals surface area contributed by atoms with E-state index in [9.17, 15) is 9.59 Å². The molecular formula is C21H26N4O2. The van der Waals surface area contributed by atoms with Crippen LogP contribution in [0.25, 0.3) is 0 Å². The maximum absolute atomic E-state index is 13.0. The molecule has 142 valence electrons. The van der Waals surface area contributed by atoms with Gasteiger partial charge in [0.15, 0.2) is 0 Å². The molecule has 1 saturated heterocycles. The minimum Gasteiger partial charge on any atom is -0.354 e. The quantitative estimate of drug-likeness (QED) is 0.850. The molecule has 1 aromatic heterocycles. The second-order valence-electron chi connectivity index (χ2n) is 7.68. The first-order valence-electron chi connectivity index (χ1n) is 9.77. The molecule has 0 radical (unpaired) electrons. The van der Waals surface area contributed by atoms with E-state index in [1.807, 2.05) is 47.5 Å². The second kappa shape index (κ2) is 7.55. The zero-order valence-corrected chi connectivity index (χ0v) is 15.5. The first-order valence-corrected chi connectivity index (χ1v) is 9.77. The molecule has 0 unspecified atom stereocenters. The highest BCUT2D eigenvalue weighted by molar-refractivity contribution is 5.85. The summed E-state index contributed by atoms with van der Waals surface area (Å²) in [6, 6.07) is 11.6. The van der Waals surface area contributed by atoms with Gasteiger partial charge in [0.25, 0.3) is 0 Å². The van der Waals surface area contributed by atoms with Crippen LogP contribution in [0.15, 0.2) is 48.8 Å². The van der Waals surface area contributed by atoms with Gasteiger partial charge in [0.1, 0.15) is 5.54 Å². The number of hydrogen-bond donors (Lipinski definition) is 1. The predicted molar refractivity (Wildman–Crippen MR) is 102 cm³/mol. The van der Waals surface area contributed by atoms with Crippen LogP contribution in [0.1, 0.15) is 31.2 Å². The van der Waals surface area contributed by atoms with Crippen LogP contribution in [-0.2, 0) is 21.5 Å². The van der Waals surface area contributed by atoms with Crippen molar-refractivity contribution in [3.63, 3.8) is 0 Å². The van der Waals surface area contributed by atoms with E-state index in [1.165, 1.54) is 12.8 Å². The van der Waals surface area contributed by atoms with Gasteiger partial charge in [-0.25, -0.2) is 0 Å². The van der Waals surface area contributed by atoms with E-state index in [0.29, 0.717) is 38.3 Å². The molecular weight excluding hydrogens is 340 g/mol. The summed E-state index contributed by atoms with van der Waals surface area (Å²) in [6.45, 7) is 1.89. The van der Waals surface area contributed by atoms with E-state index in [0.717, 1.165) is 12.1 Å². The minimum absolute atomic E-state index is 0.0354. The lowest BCUT2D eigenvalue weighted by Gasteiger charge is -2.40. The molecule has 1 aliphatic heterocycles. The Morgan fingerprint density at radius 1 is 1.11 bits per heavy atom. The standard InChI is InChI=1S/C21H26N4O2/c26-19(15-17-5-2-1-3-6-17)24-13-9-21(10-14-24,25-12-4-11-23-25)20(27)22-16-18-7-8-18/h1-6,11-12,18H,7-10,13-16H2,(H,22,27). The predicted octanol–water partition coefficient (Wildman–Crippen LogP) is 1.97. The largest absolute Gasteiger partial charge is 0.354 e. The summed E-state index contributed by atoms with van der Waals surface area (Å²) in [4.78, 5) is 27.6. The molecule has 6 nitrogen and oxygen atoms in total. The van der Waals surface area contributed by atoms with Crippen LogP contribution in [0.2, 0.25) is 0 Å². The summed E-state index contributed by atoms with van der Waals surface area (Å²) in [7, 11) is 0. The van der Waals surface area contributed by atoms with Gasteiger partial charge in [-0.05, 0) is 43.2 Å². The van der Waals surface area contributed by atoms with Crippen molar-refractivity contribution >= 4 is 11.8 Å². The third-order valence-corrected chi connectivity index (χ3v) is 5.76. The first kappa shape index (κ1) is 17.8. The van der Waals surface area contributed by atoms with Gasteiger partial charge in [-0.3, -0.25) is 14.3 Å². The molecule has 0 spiro atoms. The summed E-state index contributed by atoms with van der Waals surface area (Å²) >= 11 is 0. The fraction of sp³-hybridized carbons (Fsp3) is 0.476. The summed E-state index contributed by atoms with van der Waals surface area (Å²) < 4.78 is 1.79. The van der Waals surface area contributed by atoms with Crippen molar-refractivity contribution < 1.29 is 9.59 Å². The molecule has 2 aromatic rings. The van der Waals surface area contributed by atoms with Crippen LogP contribution < -0.4 is 5.32 Å². The zero-order chi connectivity index (χ0) is 18.7. The van der Waals surface area contributed by atoms with Crippen molar-refractivity contribution in [2.24, 2.45) is 5.92 Å². The van der Waals surface area contributed by atoms with E-state index >= 15 is 0 Å². The number of nitrogens with one attached hydrogen (secondary N) is 1. The molecule has 1 aliphatic carbocycles. The summed E-state index contributed by atoms with van der Waals surface area (Å²) in [5.41, 5.74) is 0.329. The maximum Gasteiger partial charge on any atom is 0.248 e. The lowest BCUT2D eigenvalue weighted by atomic mass is 9.86. The number of aromatic nitrogens is 2. The van der Waals surface area contributed by atoms with Crippen LogP contribution in [0.4, 0.5) is 0 Å². The Balaban J connectivity index is 1.42. The number of carbonyl (C=O) groups is 2. The minimum atomic E-state index is -0.693. The van der Waals surface area contributed by atoms with Gasteiger partial charge in [-0.2, -0.15) is 5.10 Å². The number of likely N-dealkylation sites (tertiary alicyclic amines) is 1. The van der Waals surface area contributed by atoms with Crippen LogP contribution in [-0.4, -0.2) is 46.1 Å². The molecule has 6 heteroatoms. The Bertz CT molecular complexity index is 776. The van der Waals surface area contributed by atoms with E-state index < -0.39 is 5.54 Å². The number of amides is 2. The lowest BCUT2D eigenvalue weighted by Crippen LogP contribution is -2.56. The second-order valence-corrected chi connectivity index (χ2v) is 7.68. The van der Waals surface area contributed by atoms with Crippen LogP contribution >= 0.6 is 0 Å². The number of hydrogen-bond acceptors (Lipinski definition) is 3. The van der Waals surface area contributed by atoms with Gasteiger partial charge in [-0.1, -0.05) is 30.3 Å². The first-order chi connectivity index (χ1) is 13.2. The van der Waals surface area contributed by atoms with E-state index in [-0.39, 0.29) is 11.8 Å². The molecule has 1 saturated carbocycles. The Labute approximate surface area is 159 Å². The topological polar surface area (TPSA) is 67.2 Å². The van der Waals surface area contributed by atoms with Crippen LogP contribution in [0.3, 0.4) is 0 Å². The lowest BCUT2D eigenvalue weighted by molar-refractivity contribution is -0.139. The third kappa shape index (κ3) is 3.89. The normalized spacial score (nSPS) is 18.9. The smallest absolute Gasteiger partial charge is 0.248 e. The number of rotatable bonds is 6. The van der Waals surface area contributed by atoms with Crippen molar-refractivity contribution in [2.45, 2.75) is 37.6 Å². The number of nitrogens with zero attached hydrogens (tertiary/aromatic N) is 3. The highest BCUT2D eigenvalue weighted by Crippen LogP contribution is 2.32. The third-order valence-electron chi connectivity index (χ3n) is 5.76. The van der Waals surface area contributed by atoms with Gasteiger partial charge < -0.3 is 10.2 Å². The van der Waals surface area contributed by atoms with E-state index in [4.69, 9.17) is 0 Å². The van der Waals surface area contributed by atoms with Crippen LogP contribution in [0.5, 0.6) is 0 Å². The molecule has 0 atom stereocenters. The van der Waals surface area contributed by atoms with Crippen LogP contribution in [0, 0.1) is 5.92 Å². The Kier molecular flexibility index (Phi) is 4.97. The summed E-state index contributed by atoms with van der Waals surface area (Å²) in [5, 5.41) is 7.49. The molecule has 2 aliphatic rings. The molecule has 27 heavy (non-hydrogen) atoms. The Morgan fingerprint density at radius 3 is 2.48 bits per heavy atom. The highest BCUT2D eigenvalue weighted by Gasteiger charge is 2.44. The summed E-state index contributed by atoms with van der Waals surface area (Å²) in [5.74, 6) is 0.790. The van der Waals surface area contributed by atoms with Crippen molar-refractivity contribution in [1.29, 1.82) is 0 Å². The van der Waals surface area contributed by atoms with Crippen molar-refractivity contribution in [3.05, 3.63) is 54.4 Å². The van der Waals surface area contributed by atoms with Gasteiger partial charge >= 0.3 is 0 Å². The SMILES string of the molecule is O=C(Cc1ccccc1)N1CCC(C(=O)NCC2CC2)(n2cccn2)CC1. The fourth-order valence-corrected chi connectivity index (χ4v) is 3.81. The molecule has 0 bridgehead atoms.